The molecule has 5 aromatic rings. The van der Waals surface area contributed by atoms with E-state index in [4.69, 9.17) is 45.9 Å². The van der Waals surface area contributed by atoms with Crippen molar-refractivity contribution in [1.82, 2.24) is 80.8 Å². The number of tetrazole rings is 4. The van der Waals surface area contributed by atoms with E-state index in [1.807, 2.05) is 12.1 Å². The maximum atomic E-state index is 5.44. The molecule has 0 spiro atoms. The van der Waals surface area contributed by atoms with E-state index in [1.54, 1.807) is 0 Å². The van der Waals surface area contributed by atoms with Crippen LogP contribution >= 0.6 is 0 Å². The van der Waals surface area contributed by atoms with Crippen molar-refractivity contribution in [2.45, 2.75) is 26.2 Å². The zero-order valence-corrected chi connectivity index (χ0v) is 23.5. The molecule has 4 aromatic heterocycles. The van der Waals surface area contributed by atoms with Gasteiger partial charge in [0.25, 0.3) is 23.8 Å². The Morgan fingerprint density at radius 3 is 0.826 bits per heavy atom. The number of guanidine groups is 4. The number of nitrogens with zero attached hydrogens (tertiary/aromatic N) is 20. The number of hydrogen-bond acceptors (Lipinski definition) is 16. The Morgan fingerprint density at radius 1 is 0.413 bits per heavy atom. The Morgan fingerprint density at radius 2 is 0.630 bits per heavy atom. The van der Waals surface area contributed by atoms with Gasteiger partial charge in [0.2, 0.25) is 0 Å². The van der Waals surface area contributed by atoms with Crippen LogP contribution in [-0.4, -0.2) is 105 Å². The molecule has 0 unspecified atom stereocenters. The number of rotatable bonds is 12. The second kappa shape index (κ2) is 12.8. The standard InChI is InChI=1S/C18H26N28/c19-11(20)27-15-31-39-43(35-15)3-7-1-8(4-44-36-16(32-40-44)28-12(21)22)10(6-46-38-18(34-42-46)30-14(25)26)2-9(7)5-45-37-17(33-41-45)29-13(23)24/h1-2H,3-6H2,(H4,19,20,27,35)(H4,21,22,28,36)(H4,23,24,29,37)(H4,25,26,30,38). The molecule has 0 atom stereocenters. The van der Waals surface area contributed by atoms with Gasteiger partial charge in [-0.05, 0) is 43.1 Å². The first-order valence-electron chi connectivity index (χ1n) is 12.6. The van der Waals surface area contributed by atoms with E-state index in [-0.39, 0.29) is 73.8 Å². The van der Waals surface area contributed by atoms with Crippen molar-refractivity contribution in [2.24, 2.45) is 65.8 Å². The molecule has 0 fully saturated rings. The minimum absolute atomic E-state index is 0.0360. The Bertz CT molecular complexity index is 1650. The largest absolute Gasteiger partial charge is 0.370 e. The van der Waals surface area contributed by atoms with E-state index < -0.39 is 0 Å². The fourth-order valence-corrected chi connectivity index (χ4v) is 3.84. The number of aliphatic imine (C=N–C) groups is 4. The average molecular weight is 635 g/mol. The van der Waals surface area contributed by atoms with E-state index in [0.717, 1.165) is 0 Å². The molecule has 1 aromatic carbocycles. The zero-order chi connectivity index (χ0) is 32.8. The van der Waals surface area contributed by atoms with Gasteiger partial charge in [0.1, 0.15) is 0 Å². The lowest BCUT2D eigenvalue weighted by atomic mass is 9.98. The number of nitrogens with two attached hydrogens (primary N) is 8. The third-order valence-electron chi connectivity index (χ3n) is 5.45. The van der Waals surface area contributed by atoms with Crippen LogP contribution in [0, 0.1) is 0 Å². The summed E-state index contributed by atoms with van der Waals surface area (Å²) in [7, 11) is 0. The summed E-state index contributed by atoms with van der Waals surface area (Å²) in [6.07, 6.45) is 0. The van der Waals surface area contributed by atoms with Gasteiger partial charge in [-0.2, -0.15) is 39.2 Å². The van der Waals surface area contributed by atoms with Crippen LogP contribution in [-0.2, 0) is 26.2 Å². The molecular formula is C18H26N28. The summed E-state index contributed by atoms with van der Waals surface area (Å²) in [5.74, 6) is -1.07. The molecule has 0 amide bonds. The van der Waals surface area contributed by atoms with E-state index in [9.17, 15) is 0 Å². The molecule has 0 radical (unpaired) electrons. The van der Waals surface area contributed by atoms with E-state index >= 15 is 0 Å². The van der Waals surface area contributed by atoms with Crippen molar-refractivity contribution >= 4 is 47.6 Å². The maximum Gasteiger partial charge on any atom is 0.292 e. The van der Waals surface area contributed by atoms with Gasteiger partial charge in [-0.3, -0.25) is 0 Å². The molecule has 238 valence electrons. The highest BCUT2D eigenvalue weighted by molar-refractivity contribution is 5.78. The van der Waals surface area contributed by atoms with Gasteiger partial charge in [-0.15, -0.1) is 20.4 Å². The predicted octanol–water partition coefficient (Wildman–Crippen LogP) is -6.55. The van der Waals surface area contributed by atoms with Gasteiger partial charge in [0.05, 0.1) is 26.2 Å². The maximum absolute atomic E-state index is 5.44. The molecule has 4 heterocycles. The minimum atomic E-state index is -0.231. The zero-order valence-electron chi connectivity index (χ0n) is 23.5. The lowest BCUT2D eigenvalue weighted by Gasteiger charge is -2.15. The average Bonchev–Trinajstić information content (AvgIpc) is 3.76. The molecular weight excluding hydrogens is 608 g/mol. The van der Waals surface area contributed by atoms with Crippen LogP contribution < -0.4 is 45.9 Å². The van der Waals surface area contributed by atoms with Crippen molar-refractivity contribution in [2.75, 3.05) is 0 Å². The molecule has 0 aliphatic carbocycles. The minimum Gasteiger partial charge on any atom is -0.370 e. The van der Waals surface area contributed by atoms with Crippen LogP contribution in [0.4, 0.5) is 23.8 Å². The molecule has 46 heavy (non-hydrogen) atoms. The summed E-state index contributed by atoms with van der Waals surface area (Å²) < 4.78 is 0. The monoisotopic (exact) mass is 634 g/mol. The topological polar surface area (TPSA) is 432 Å². The first-order valence-corrected chi connectivity index (χ1v) is 12.6. The van der Waals surface area contributed by atoms with E-state index in [1.165, 1.54) is 19.2 Å². The van der Waals surface area contributed by atoms with Crippen LogP contribution in [0.25, 0.3) is 0 Å². The first-order chi connectivity index (χ1) is 22.0. The van der Waals surface area contributed by atoms with Crippen LogP contribution in [0.5, 0.6) is 0 Å². The second-order valence-corrected chi connectivity index (χ2v) is 9.02. The highest BCUT2D eigenvalue weighted by Crippen LogP contribution is 2.22. The van der Waals surface area contributed by atoms with Gasteiger partial charge in [-0.25, -0.2) is 0 Å². The summed E-state index contributed by atoms with van der Waals surface area (Å²) in [4.78, 5) is 20.4. The molecule has 0 bridgehead atoms. The van der Waals surface area contributed by atoms with Crippen molar-refractivity contribution in [3.05, 3.63) is 34.4 Å². The normalized spacial score (nSPS) is 10.8. The summed E-state index contributed by atoms with van der Waals surface area (Å²) in [5, 5.41) is 48.3. The Labute approximate surface area is 255 Å². The van der Waals surface area contributed by atoms with Crippen LogP contribution in [0.2, 0.25) is 0 Å². The van der Waals surface area contributed by atoms with Crippen molar-refractivity contribution < 1.29 is 0 Å². The quantitative estimate of drug-likeness (QED) is 0.0466. The number of hydrogen-bond donors (Lipinski definition) is 8. The van der Waals surface area contributed by atoms with Crippen LogP contribution in [0.3, 0.4) is 0 Å². The Balaban J connectivity index is 1.58. The van der Waals surface area contributed by atoms with Crippen LogP contribution in [0.1, 0.15) is 22.3 Å². The molecule has 0 saturated carbocycles. The van der Waals surface area contributed by atoms with Gasteiger partial charge < -0.3 is 45.9 Å². The van der Waals surface area contributed by atoms with Gasteiger partial charge in [0.15, 0.2) is 23.8 Å². The van der Waals surface area contributed by atoms with Crippen molar-refractivity contribution in [3.63, 3.8) is 0 Å². The Kier molecular flexibility index (Phi) is 8.39. The van der Waals surface area contributed by atoms with Gasteiger partial charge in [-0.1, -0.05) is 32.5 Å². The third kappa shape index (κ3) is 7.90. The van der Waals surface area contributed by atoms with Crippen molar-refractivity contribution in [1.29, 1.82) is 0 Å². The summed E-state index contributed by atoms with van der Waals surface area (Å²) >= 11 is 0. The number of benzene rings is 1. The molecule has 0 aliphatic heterocycles. The molecule has 5 rings (SSSR count). The van der Waals surface area contributed by atoms with Crippen molar-refractivity contribution in [3.8, 4) is 0 Å². The fraction of sp³-hybridized carbons (Fsp3) is 0.222. The smallest absolute Gasteiger partial charge is 0.292 e. The highest BCUT2D eigenvalue weighted by Gasteiger charge is 2.17. The molecule has 0 saturated heterocycles. The van der Waals surface area contributed by atoms with E-state index in [0.29, 0.717) is 22.3 Å². The molecule has 0 aliphatic rings. The molecule has 28 nitrogen and oxygen atoms in total. The highest BCUT2D eigenvalue weighted by atomic mass is 15.6. The Hall–Kier alpha value is -7.42. The van der Waals surface area contributed by atoms with Crippen LogP contribution in [0.15, 0.2) is 32.1 Å². The molecule has 16 N–H and O–H groups in total. The first kappa shape index (κ1) is 30.1. The lowest BCUT2D eigenvalue weighted by Crippen LogP contribution is -2.22. The predicted molar refractivity (Wildman–Crippen MR) is 156 cm³/mol. The summed E-state index contributed by atoms with van der Waals surface area (Å²) in [6.45, 7) is 0.410. The summed E-state index contributed by atoms with van der Waals surface area (Å²) in [5.41, 5.74) is 46.3. The number of aromatic nitrogens is 16. The molecule has 28 heteroatoms. The SMILES string of the molecule is NC(N)=Nc1nnn(Cc2cc(Cn3nnc(N=C(N)N)n3)c(Cn3nnc(N=C(N)N)n3)cc2Cn2nnc(N=C(N)N)n2)n1. The van der Waals surface area contributed by atoms with E-state index in [2.05, 4.69) is 81.6 Å². The van der Waals surface area contributed by atoms with Gasteiger partial charge >= 0.3 is 0 Å². The lowest BCUT2D eigenvalue weighted by molar-refractivity contribution is 0.534. The second-order valence-electron chi connectivity index (χ2n) is 9.02. The van der Waals surface area contributed by atoms with Gasteiger partial charge in [0, 0.05) is 0 Å². The fourth-order valence-electron chi connectivity index (χ4n) is 3.84. The third-order valence-corrected chi connectivity index (χ3v) is 5.45. The summed E-state index contributed by atoms with van der Waals surface area (Å²) in [6, 6.07) is 3.69.